The monoisotopic (exact) mass is 222 g/mol. The Morgan fingerprint density at radius 2 is 2.40 bits per heavy atom. The molecule has 0 aliphatic heterocycles. The molecule has 0 N–H and O–H groups in total. The topological polar surface area (TPSA) is 0 Å². The zero-order valence-electron chi connectivity index (χ0n) is 10.0. The van der Waals surface area contributed by atoms with Crippen molar-refractivity contribution in [2.75, 3.05) is 6.26 Å². The molecular weight excluding hydrogens is 200 g/mol. The minimum atomic E-state index is 1.21. The van der Waals surface area contributed by atoms with Crippen LogP contribution in [0.4, 0.5) is 0 Å². The minimum absolute atomic E-state index is 1.21. The second kappa shape index (κ2) is 7.84. The lowest BCUT2D eigenvalue weighted by Gasteiger charge is -2.14. The highest BCUT2D eigenvalue weighted by atomic mass is 32.2. The zero-order chi connectivity index (χ0) is 10.9. The van der Waals surface area contributed by atoms with Crippen LogP contribution in [0.2, 0.25) is 0 Å². The molecule has 0 radical (unpaired) electrons. The summed E-state index contributed by atoms with van der Waals surface area (Å²) in [6, 6.07) is 0. The first-order valence-electron chi connectivity index (χ1n) is 6.04. The van der Waals surface area contributed by atoms with Gasteiger partial charge in [0.05, 0.1) is 0 Å². The van der Waals surface area contributed by atoms with E-state index < -0.39 is 0 Å². The third-order valence-corrected chi connectivity index (χ3v) is 3.16. The molecular formula is C14H22S. The molecule has 0 aromatic heterocycles. The van der Waals surface area contributed by atoms with E-state index in [2.05, 4.69) is 30.4 Å². The van der Waals surface area contributed by atoms with E-state index in [-0.39, 0.29) is 0 Å². The first-order chi connectivity index (χ1) is 7.38. The van der Waals surface area contributed by atoms with Crippen molar-refractivity contribution >= 4 is 11.8 Å². The van der Waals surface area contributed by atoms with Crippen molar-refractivity contribution in [3.8, 4) is 0 Å². The Morgan fingerprint density at radius 3 is 3.00 bits per heavy atom. The average molecular weight is 222 g/mol. The SMILES string of the molecule is CCCCC(=C=CSC)C1=CCCCC1. The van der Waals surface area contributed by atoms with Gasteiger partial charge in [0, 0.05) is 5.41 Å². The van der Waals surface area contributed by atoms with Crippen LogP contribution < -0.4 is 0 Å². The number of hydrogen-bond donors (Lipinski definition) is 0. The summed E-state index contributed by atoms with van der Waals surface area (Å²) < 4.78 is 0. The molecule has 1 aliphatic rings. The van der Waals surface area contributed by atoms with Crippen LogP contribution in [0.3, 0.4) is 0 Å². The maximum absolute atomic E-state index is 3.46. The fourth-order valence-corrected chi connectivity index (χ4v) is 2.18. The quantitative estimate of drug-likeness (QED) is 0.585. The first kappa shape index (κ1) is 12.7. The highest BCUT2D eigenvalue weighted by molar-refractivity contribution is 8.01. The van der Waals surface area contributed by atoms with E-state index in [1.54, 1.807) is 17.3 Å². The minimum Gasteiger partial charge on any atom is -0.129 e. The molecule has 0 bridgehead atoms. The van der Waals surface area contributed by atoms with Gasteiger partial charge in [-0.3, -0.25) is 0 Å². The van der Waals surface area contributed by atoms with Crippen LogP contribution in [0.25, 0.3) is 0 Å². The van der Waals surface area contributed by atoms with E-state index in [0.29, 0.717) is 0 Å². The lowest BCUT2D eigenvalue weighted by Crippen LogP contribution is -1.95. The first-order valence-corrected chi connectivity index (χ1v) is 7.33. The summed E-state index contributed by atoms with van der Waals surface area (Å²) in [7, 11) is 0. The highest BCUT2D eigenvalue weighted by Gasteiger charge is 2.07. The molecule has 1 aliphatic carbocycles. The predicted molar refractivity (Wildman–Crippen MR) is 71.2 cm³/mol. The van der Waals surface area contributed by atoms with Gasteiger partial charge in [-0.2, -0.15) is 0 Å². The molecule has 15 heavy (non-hydrogen) atoms. The summed E-state index contributed by atoms with van der Waals surface area (Å²) in [6.07, 6.45) is 13.6. The molecule has 1 heteroatoms. The largest absolute Gasteiger partial charge is 0.129 e. The second-order valence-corrected chi connectivity index (χ2v) is 4.76. The van der Waals surface area contributed by atoms with Gasteiger partial charge < -0.3 is 0 Å². The summed E-state index contributed by atoms with van der Waals surface area (Å²) >= 11 is 1.74. The van der Waals surface area contributed by atoms with Gasteiger partial charge in [-0.05, 0) is 55.9 Å². The summed E-state index contributed by atoms with van der Waals surface area (Å²) in [6.45, 7) is 2.26. The molecule has 0 atom stereocenters. The lowest BCUT2D eigenvalue weighted by atomic mass is 9.91. The summed E-state index contributed by atoms with van der Waals surface area (Å²) in [5.74, 6) is 0. The Morgan fingerprint density at radius 1 is 1.53 bits per heavy atom. The van der Waals surface area contributed by atoms with Crippen molar-refractivity contribution in [3.63, 3.8) is 0 Å². The molecule has 0 aromatic rings. The maximum atomic E-state index is 3.46. The normalized spacial score (nSPS) is 15.5. The van der Waals surface area contributed by atoms with E-state index in [4.69, 9.17) is 0 Å². The van der Waals surface area contributed by atoms with Crippen LogP contribution in [0.5, 0.6) is 0 Å². The standard InChI is InChI=1S/C14H22S/c1-3-4-8-14(11-12-15-2)13-9-6-5-7-10-13/h9,12H,3-8,10H2,1-2H3. The molecule has 0 aromatic carbocycles. The van der Waals surface area contributed by atoms with Crippen molar-refractivity contribution in [1.82, 2.24) is 0 Å². The van der Waals surface area contributed by atoms with Gasteiger partial charge in [0.1, 0.15) is 0 Å². The number of allylic oxidation sites excluding steroid dienone is 3. The van der Waals surface area contributed by atoms with Gasteiger partial charge in [0.2, 0.25) is 0 Å². The Balaban J connectivity index is 2.70. The molecule has 84 valence electrons. The van der Waals surface area contributed by atoms with Crippen LogP contribution in [0.15, 0.2) is 28.4 Å². The number of unbranched alkanes of at least 4 members (excludes halogenated alkanes) is 1. The molecule has 0 fully saturated rings. The van der Waals surface area contributed by atoms with E-state index in [1.807, 2.05) is 0 Å². The van der Waals surface area contributed by atoms with Crippen molar-refractivity contribution in [1.29, 1.82) is 0 Å². The van der Waals surface area contributed by atoms with E-state index in [0.717, 1.165) is 0 Å². The molecule has 0 unspecified atom stereocenters. The van der Waals surface area contributed by atoms with Crippen molar-refractivity contribution in [3.05, 3.63) is 28.4 Å². The van der Waals surface area contributed by atoms with E-state index >= 15 is 0 Å². The van der Waals surface area contributed by atoms with Gasteiger partial charge in [-0.1, -0.05) is 19.4 Å². The van der Waals surface area contributed by atoms with Gasteiger partial charge in [0.25, 0.3) is 0 Å². The molecule has 0 spiro atoms. The van der Waals surface area contributed by atoms with Crippen LogP contribution in [-0.4, -0.2) is 6.26 Å². The Labute approximate surface area is 98.5 Å². The number of hydrogen-bond acceptors (Lipinski definition) is 1. The van der Waals surface area contributed by atoms with Crippen LogP contribution >= 0.6 is 11.8 Å². The van der Waals surface area contributed by atoms with Crippen molar-refractivity contribution in [2.45, 2.75) is 51.9 Å². The lowest BCUT2D eigenvalue weighted by molar-refractivity contribution is 0.691. The van der Waals surface area contributed by atoms with Gasteiger partial charge in [-0.15, -0.1) is 17.5 Å². The summed E-state index contributed by atoms with van der Waals surface area (Å²) in [5.41, 5.74) is 6.49. The molecule has 1 rings (SSSR count). The van der Waals surface area contributed by atoms with Gasteiger partial charge >= 0.3 is 0 Å². The number of thioether (sulfide) groups is 1. The highest BCUT2D eigenvalue weighted by Crippen LogP contribution is 2.26. The average Bonchev–Trinajstić information content (AvgIpc) is 2.30. The smallest absolute Gasteiger partial charge is 0.0129 e. The molecule has 0 heterocycles. The third-order valence-electron chi connectivity index (χ3n) is 2.81. The van der Waals surface area contributed by atoms with Crippen molar-refractivity contribution in [2.24, 2.45) is 0 Å². The fraction of sp³-hybridized carbons (Fsp3) is 0.643. The summed E-state index contributed by atoms with van der Waals surface area (Å²) in [4.78, 5) is 0. The van der Waals surface area contributed by atoms with Crippen molar-refractivity contribution < 1.29 is 0 Å². The Hall–Kier alpha value is -0.390. The van der Waals surface area contributed by atoms with Crippen LogP contribution in [0, 0.1) is 0 Å². The Bertz CT molecular complexity index is 267. The van der Waals surface area contributed by atoms with E-state index in [1.165, 1.54) is 50.5 Å². The molecule has 0 amide bonds. The van der Waals surface area contributed by atoms with Gasteiger partial charge in [-0.25, -0.2) is 0 Å². The Kier molecular flexibility index (Phi) is 6.63. The summed E-state index contributed by atoms with van der Waals surface area (Å²) in [5, 5.41) is 2.10. The molecule has 0 saturated heterocycles. The molecule has 0 nitrogen and oxygen atoms in total. The van der Waals surface area contributed by atoms with Crippen LogP contribution in [0.1, 0.15) is 51.9 Å². The zero-order valence-corrected chi connectivity index (χ0v) is 10.8. The predicted octanol–water partition coefficient (Wildman–Crippen LogP) is 5.08. The van der Waals surface area contributed by atoms with Crippen LogP contribution in [-0.2, 0) is 0 Å². The van der Waals surface area contributed by atoms with Gasteiger partial charge in [0.15, 0.2) is 0 Å². The molecule has 0 saturated carbocycles. The maximum Gasteiger partial charge on any atom is 0.0129 e. The fourth-order valence-electron chi connectivity index (χ4n) is 1.92. The third kappa shape index (κ3) is 4.77. The van der Waals surface area contributed by atoms with E-state index in [9.17, 15) is 0 Å². The number of rotatable bonds is 5. The second-order valence-electron chi connectivity index (χ2n) is 4.06.